The zero-order valence-corrected chi connectivity index (χ0v) is 14.4. The summed E-state index contributed by atoms with van der Waals surface area (Å²) in [7, 11) is 0. The van der Waals surface area contributed by atoms with Gasteiger partial charge in [0.2, 0.25) is 0 Å². The Bertz CT molecular complexity index is 609. The Morgan fingerprint density at radius 3 is 2.25 bits per heavy atom. The molecule has 134 valence electrons. The number of amides is 1. The summed E-state index contributed by atoms with van der Waals surface area (Å²) >= 11 is 5.71. The summed E-state index contributed by atoms with van der Waals surface area (Å²) < 4.78 is 43.4. The van der Waals surface area contributed by atoms with Gasteiger partial charge in [0.1, 0.15) is 11.4 Å². The summed E-state index contributed by atoms with van der Waals surface area (Å²) in [6, 6.07) is 1.20. The zero-order chi connectivity index (χ0) is 18.1. The van der Waals surface area contributed by atoms with Gasteiger partial charge in [-0.3, -0.25) is 0 Å². The number of aromatic nitrogens is 1. The number of alkyl halides is 3. The van der Waals surface area contributed by atoms with Crippen LogP contribution in [-0.2, 0) is 10.9 Å². The van der Waals surface area contributed by atoms with Gasteiger partial charge < -0.3 is 14.5 Å². The van der Waals surface area contributed by atoms with Crippen molar-refractivity contribution in [2.75, 3.05) is 31.1 Å². The lowest BCUT2D eigenvalue weighted by Crippen LogP contribution is -2.50. The molecule has 1 aromatic rings. The monoisotopic (exact) mass is 365 g/mol. The second-order valence-corrected chi connectivity index (χ2v) is 6.88. The van der Waals surface area contributed by atoms with Crippen molar-refractivity contribution in [1.82, 2.24) is 9.88 Å². The number of hydrogen-bond acceptors (Lipinski definition) is 4. The Morgan fingerprint density at radius 2 is 1.79 bits per heavy atom. The van der Waals surface area contributed by atoms with Crippen LogP contribution in [0, 0.1) is 0 Å². The average molecular weight is 366 g/mol. The van der Waals surface area contributed by atoms with Crippen molar-refractivity contribution in [3.8, 4) is 0 Å². The Morgan fingerprint density at radius 1 is 1.21 bits per heavy atom. The standard InChI is InChI=1S/C15H19ClF3N3O2/c1-14(2,3)24-13(23)22-6-4-21(5-7-22)12-8-11(16)10(9-20-12)15(17,18)19/h8-9H,4-7H2,1-3H3. The van der Waals surface area contributed by atoms with Crippen molar-refractivity contribution in [3.63, 3.8) is 0 Å². The topological polar surface area (TPSA) is 45.7 Å². The highest BCUT2D eigenvalue weighted by atomic mass is 35.5. The minimum absolute atomic E-state index is 0.358. The molecular formula is C15H19ClF3N3O2. The molecule has 1 aliphatic heterocycles. The molecule has 1 aliphatic rings. The number of pyridine rings is 1. The number of ether oxygens (including phenoxy) is 1. The first-order valence-corrected chi connectivity index (χ1v) is 7.81. The van der Waals surface area contributed by atoms with Crippen LogP contribution in [0.25, 0.3) is 0 Å². The summed E-state index contributed by atoms with van der Waals surface area (Å²) in [6.07, 6.45) is -4.20. The maximum Gasteiger partial charge on any atom is 0.419 e. The predicted octanol–water partition coefficient (Wildman–Crippen LogP) is 3.81. The van der Waals surface area contributed by atoms with Crippen molar-refractivity contribution >= 4 is 23.5 Å². The molecule has 5 nitrogen and oxygen atoms in total. The fourth-order valence-electron chi connectivity index (χ4n) is 2.25. The van der Waals surface area contributed by atoms with Gasteiger partial charge in [0.15, 0.2) is 0 Å². The number of halogens is 4. The molecule has 0 aromatic carbocycles. The summed E-state index contributed by atoms with van der Waals surface area (Å²) in [5.74, 6) is 0.358. The van der Waals surface area contributed by atoms with Crippen LogP contribution in [0.2, 0.25) is 5.02 Å². The molecule has 2 rings (SSSR count). The molecule has 1 saturated heterocycles. The third-order valence-corrected chi connectivity index (χ3v) is 3.71. The van der Waals surface area contributed by atoms with Crippen molar-refractivity contribution < 1.29 is 22.7 Å². The first-order chi connectivity index (χ1) is 11.0. The Balaban J connectivity index is 2.00. The highest BCUT2D eigenvalue weighted by molar-refractivity contribution is 6.31. The Hall–Kier alpha value is -1.70. The van der Waals surface area contributed by atoms with Gasteiger partial charge in [-0.25, -0.2) is 9.78 Å². The van der Waals surface area contributed by atoms with Crippen molar-refractivity contribution in [1.29, 1.82) is 0 Å². The van der Waals surface area contributed by atoms with Crippen LogP contribution in [0.5, 0.6) is 0 Å². The van der Waals surface area contributed by atoms with Crippen LogP contribution >= 0.6 is 11.6 Å². The van der Waals surface area contributed by atoms with E-state index in [-0.39, 0.29) is 5.02 Å². The third-order valence-electron chi connectivity index (χ3n) is 3.40. The van der Waals surface area contributed by atoms with Crippen molar-refractivity contribution in [2.24, 2.45) is 0 Å². The van der Waals surface area contributed by atoms with Gasteiger partial charge in [-0.15, -0.1) is 0 Å². The first kappa shape index (κ1) is 18.6. The van der Waals surface area contributed by atoms with E-state index in [1.54, 1.807) is 30.6 Å². The van der Waals surface area contributed by atoms with Crippen LogP contribution < -0.4 is 4.90 Å². The molecule has 9 heteroatoms. The van der Waals surface area contributed by atoms with E-state index in [2.05, 4.69) is 4.98 Å². The molecule has 0 aliphatic carbocycles. The molecule has 0 unspecified atom stereocenters. The highest BCUT2D eigenvalue weighted by Gasteiger charge is 2.34. The first-order valence-electron chi connectivity index (χ1n) is 7.43. The molecule has 0 spiro atoms. The van der Waals surface area contributed by atoms with E-state index in [1.807, 2.05) is 0 Å². The second-order valence-electron chi connectivity index (χ2n) is 6.47. The van der Waals surface area contributed by atoms with E-state index in [4.69, 9.17) is 16.3 Å². The molecule has 0 bridgehead atoms. The predicted molar refractivity (Wildman–Crippen MR) is 84.3 cm³/mol. The molecule has 0 N–H and O–H groups in total. The zero-order valence-electron chi connectivity index (χ0n) is 13.7. The lowest BCUT2D eigenvalue weighted by atomic mass is 10.2. The number of nitrogens with zero attached hydrogens (tertiary/aromatic N) is 3. The molecule has 1 fully saturated rings. The lowest BCUT2D eigenvalue weighted by Gasteiger charge is -2.36. The molecule has 0 radical (unpaired) electrons. The number of hydrogen-bond donors (Lipinski definition) is 0. The molecule has 2 heterocycles. The number of piperazine rings is 1. The van der Waals surface area contributed by atoms with Gasteiger partial charge in [-0.05, 0) is 26.8 Å². The van der Waals surface area contributed by atoms with Crippen molar-refractivity contribution in [2.45, 2.75) is 32.5 Å². The normalized spacial score (nSPS) is 16.3. The van der Waals surface area contributed by atoms with E-state index >= 15 is 0 Å². The van der Waals surface area contributed by atoms with Crippen LogP contribution in [0.15, 0.2) is 12.3 Å². The molecule has 0 saturated carbocycles. The molecule has 0 atom stereocenters. The van der Waals surface area contributed by atoms with Gasteiger partial charge in [0, 0.05) is 32.4 Å². The largest absolute Gasteiger partial charge is 0.444 e. The fraction of sp³-hybridized carbons (Fsp3) is 0.600. The SMILES string of the molecule is CC(C)(C)OC(=O)N1CCN(c2cc(Cl)c(C(F)(F)F)cn2)CC1. The quantitative estimate of drug-likeness (QED) is 0.759. The van der Waals surface area contributed by atoms with Crippen LogP contribution in [0.1, 0.15) is 26.3 Å². The van der Waals surface area contributed by atoms with E-state index in [9.17, 15) is 18.0 Å². The van der Waals surface area contributed by atoms with Crippen LogP contribution in [0.3, 0.4) is 0 Å². The van der Waals surface area contributed by atoms with Gasteiger partial charge in [-0.1, -0.05) is 11.6 Å². The molecule has 24 heavy (non-hydrogen) atoms. The minimum atomic E-state index is -4.53. The molecule has 1 aromatic heterocycles. The van der Waals surface area contributed by atoms with Crippen LogP contribution in [0.4, 0.5) is 23.8 Å². The number of anilines is 1. The summed E-state index contributed by atoms with van der Waals surface area (Å²) in [5, 5.41) is -0.387. The van der Waals surface area contributed by atoms with E-state index in [1.165, 1.54) is 6.07 Å². The smallest absolute Gasteiger partial charge is 0.419 e. The summed E-state index contributed by atoms with van der Waals surface area (Å²) in [6.45, 7) is 7.03. The fourth-order valence-corrected chi connectivity index (χ4v) is 2.50. The lowest BCUT2D eigenvalue weighted by molar-refractivity contribution is -0.137. The maximum atomic E-state index is 12.7. The molecular weight excluding hydrogens is 347 g/mol. The maximum absolute atomic E-state index is 12.7. The Kier molecular flexibility index (Phi) is 5.17. The average Bonchev–Trinajstić information content (AvgIpc) is 2.44. The van der Waals surface area contributed by atoms with Gasteiger partial charge in [0.25, 0.3) is 0 Å². The molecule has 1 amide bonds. The number of carbonyl (C=O) groups excluding carboxylic acids is 1. The number of carbonyl (C=O) groups is 1. The minimum Gasteiger partial charge on any atom is -0.444 e. The van der Waals surface area contributed by atoms with Gasteiger partial charge in [0.05, 0.1) is 10.6 Å². The highest BCUT2D eigenvalue weighted by Crippen LogP contribution is 2.35. The van der Waals surface area contributed by atoms with Gasteiger partial charge in [-0.2, -0.15) is 13.2 Å². The third kappa shape index (κ3) is 4.66. The van der Waals surface area contributed by atoms with E-state index < -0.39 is 23.4 Å². The van der Waals surface area contributed by atoms with Crippen LogP contribution in [-0.4, -0.2) is 47.8 Å². The van der Waals surface area contributed by atoms with E-state index in [0.717, 1.165) is 6.20 Å². The number of rotatable bonds is 1. The van der Waals surface area contributed by atoms with Gasteiger partial charge >= 0.3 is 12.3 Å². The van der Waals surface area contributed by atoms with E-state index in [0.29, 0.717) is 32.0 Å². The Labute approximate surface area is 143 Å². The van der Waals surface area contributed by atoms with Crippen molar-refractivity contribution in [3.05, 3.63) is 22.8 Å². The summed E-state index contributed by atoms with van der Waals surface area (Å²) in [4.78, 5) is 19.2. The summed E-state index contributed by atoms with van der Waals surface area (Å²) in [5.41, 5.74) is -1.53. The second kappa shape index (κ2) is 6.66.